The van der Waals surface area contributed by atoms with Crippen LogP contribution in [0.25, 0.3) is 0 Å². The third kappa shape index (κ3) is 4.83. The first-order chi connectivity index (χ1) is 15.2. The van der Waals surface area contributed by atoms with Crippen LogP contribution in [0, 0.1) is 13.8 Å². The Morgan fingerprint density at radius 3 is 2.28 bits per heavy atom. The molecule has 0 unspecified atom stereocenters. The fourth-order valence-electron chi connectivity index (χ4n) is 3.19. The molecule has 0 saturated carbocycles. The van der Waals surface area contributed by atoms with E-state index < -0.39 is 15.9 Å². The minimum Gasteiger partial charge on any atom is -0.493 e. The maximum atomic E-state index is 13.2. The zero-order valence-electron chi connectivity index (χ0n) is 18.4. The number of hydrogen-bond acceptors (Lipinski definition) is 8. The van der Waals surface area contributed by atoms with Gasteiger partial charge in [-0.15, -0.1) is 10.2 Å². The number of amides is 1. The Bertz CT molecular complexity index is 1220. The van der Waals surface area contributed by atoms with E-state index in [1.165, 1.54) is 24.6 Å². The molecular formula is C21H24N4O5S2. The lowest BCUT2D eigenvalue weighted by Crippen LogP contribution is -2.30. The van der Waals surface area contributed by atoms with E-state index in [4.69, 9.17) is 9.47 Å². The van der Waals surface area contributed by atoms with Gasteiger partial charge in [0.05, 0.1) is 19.9 Å². The molecule has 3 aromatic rings. The molecule has 0 spiro atoms. The fraction of sp³-hybridized carbons (Fsp3) is 0.286. The number of nitrogens with one attached hydrogen (secondary N) is 1. The van der Waals surface area contributed by atoms with Crippen LogP contribution in [0.15, 0.2) is 40.7 Å². The van der Waals surface area contributed by atoms with Crippen molar-refractivity contribution in [1.82, 2.24) is 10.2 Å². The van der Waals surface area contributed by atoms with Crippen LogP contribution in [0.1, 0.15) is 28.4 Å². The van der Waals surface area contributed by atoms with Crippen molar-refractivity contribution in [1.29, 1.82) is 0 Å². The molecule has 32 heavy (non-hydrogen) atoms. The van der Waals surface area contributed by atoms with Gasteiger partial charge in [-0.1, -0.05) is 17.4 Å². The smallest absolute Gasteiger partial charge is 0.293 e. The lowest BCUT2D eigenvalue weighted by molar-refractivity contribution is 0.102. The molecule has 1 amide bonds. The second-order valence-corrected chi connectivity index (χ2v) is 9.93. The van der Waals surface area contributed by atoms with Crippen LogP contribution in [0.5, 0.6) is 11.5 Å². The second kappa shape index (κ2) is 9.53. The Hall–Kier alpha value is -3.18. The number of hydrogen-bond donors (Lipinski definition) is 1. The molecular weight excluding hydrogens is 452 g/mol. The highest BCUT2D eigenvalue weighted by Crippen LogP contribution is 2.30. The Morgan fingerprint density at radius 1 is 1.03 bits per heavy atom. The first kappa shape index (κ1) is 23.5. The van der Waals surface area contributed by atoms with E-state index in [1.807, 2.05) is 19.9 Å². The normalized spacial score (nSPS) is 11.2. The highest BCUT2D eigenvalue weighted by atomic mass is 32.2. The summed E-state index contributed by atoms with van der Waals surface area (Å²) in [5.41, 5.74) is 2.76. The zero-order valence-corrected chi connectivity index (χ0v) is 20.0. The topological polar surface area (TPSA) is 111 Å². The molecule has 0 fully saturated rings. The van der Waals surface area contributed by atoms with Crippen molar-refractivity contribution < 1.29 is 22.7 Å². The van der Waals surface area contributed by atoms with Gasteiger partial charge in [0, 0.05) is 12.1 Å². The minimum atomic E-state index is -3.95. The number of ether oxygens (including phenoxy) is 2. The highest BCUT2D eigenvalue weighted by molar-refractivity contribution is 7.94. The zero-order chi connectivity index (χ0) is 23.5. The van der Waals surface area contributed by atoms with Crippen LogP contribution in [0.3, 0.4) is 0 Å². The van der Waals surface area contributed by atoms with Crippen molar-refractivity contribution >= 4 is 38.1 Å². The highest BCUT2D eigenvalue weighted by Gasteiger charge is 2.28. The average Bonchev–Trinajstić information content (AvgIpc) is 3.22. The summed E-state index contributed by atoms with van der Waals surface area (Å²) < 4.78 is 37.8. The standard InChI is InChI=1S/C21H24N4O5S2/c1-6-25(16-10-13(2)9-14(3)11-16)32(27,28)21-24-23-20(31-21)22-19(26)15-7-8-17(29-4)18(12-15)30-5/h7-12H,6H2,1-5H3,(H,22,23,26). The number of sulfonamides is 1. The molecule has 2 aromatic carbocycles. The molecule has 3 rings (SSSR count). The van der Waals surface area contributed by atoms with Crippen molar-refractivity contribution in [2.75, 3.05) is 30.4 Å². The van der Waals surface area contributed by atoms with E-state index in [1.54, 1.807) is 31.2 Å². The SMILES string of the molecule is CCN(c1cc(C)cc(C)c1)S(=O)(=O)c1nnc(NC(=O)c2ccc(OC)c(OC)c2)s1. The van der Waals surface area contributed by atoms with Crippen LogP contribution in [-0.4, -0.2) is 45.3 Å². The van der Waals surface area contributed by atoms with Gasteiger partial charge < -0.3 is 9.47 Å². The molecule has 0 aliphatic rings. The van der Waals surface area contributed by atoms with Gasteiger partial charge in [-0.3, -0.25) is 14.4 Å². The molecule has 0 radical (unpaired) electrons. The molecule has 9 nitrogen and oxygen atoms in total. The molecule has 0 bridgehead atoms. The van der Waals surface area contributed by atoms with Crippen molar-refractivity contribution in [3.05, 3.63) is 53.1 Å². The van der Waals surface area contributed by atoms with Crippen molar-refractivity contribution in [3.63, 3.8) is 0 Å². The molecule has 1 heterocycles. The minimum absolute atomic E-state index is 0.0693. The number of carbonyl (C=O) groups excluding carboxylic acids is 1. The Morgan fingerprint density at radius 2 is 1.69 bits per heavy atom. The van der Waals surface area contributed by atoms with Crippen LogP contribution in [0.2, 0.25) is 0 Å². The van der Waals surface area contributed by atoms with E-state index >= 15 is 0 Å². The lowest BCUT2D eigenvalue weighted by Gasteiger charge is -2.22. The van der Waals surface area contributed by atoms with E-state index in [2.05, 4.69) is 15.5 Å². The second-order valence-electron chi connectivity index (χ2n) is 6.91. The quantitative estimate of drug-likeness (QED) is 0.494. The van der Waals surface area contributed by atoms with E-state index in [0.717, 1.165) is 22.5 Å². The summed E-state index contributed by atoms with van der Waals surface area (Å²) in [7, 11) is -0.979. The molecule has 1 N–H and O–H groups in total. The summed E-state index contributed by atoms with van der Waals surface area (Å²) in [6, 6.07) is 10.3. The summed E-state index contributed by atoms with van der Waals surface area (Å²) in [6.45, 7) is 5.78. The number of rotatable bonds is 8. The summed E-state index contributed by atoms with van der Waals surface area (Å²) in [6.07, 6.45) is 0. The maximum Gasteiger partial charge on any atom is 0.293 e. The third-order valence-corrected chi connectivity index (χ3v) is 7.65. The van der Waals surface area contributed by atoms with Gasteiger partial charge >= 0.3 is 0 Å². The maximum absolute atomic E-state index is 13.2. The number of aryl methyl sites for hydroxylation is 2. The Kier molecular flexibility index (Phi) is 6.99. The van der Waals surface area contributed by atoms with E-state index in [-0.39, 0.29) is 16.0 Å². The van der Waals surface area contributed by atoms with Crippen LogP contribution in [0.4, 0.5) is 10.8 Å². The molecule has 0 saturated heterocycles. The van der Waals surface area contributed by atoms with E-state index in [9.17, 15) is 13.2 Å². The van der Waals surface area contributed by atoms with Crippen LogP contribution >= 0.6 is 11.3 Å². The molecule has 0 atom stereocenters. The summed E-state index contributed by atoms with van der Waals surface area (Å²) in [4.78, 5) is 12.6. The number of carbonyl (C=O) groups is 1. The van der Waals surface area contributed by atoms with Gasteiger partial charge in [-0.2, -0.15) is 8.42 Å². The number of benzene rings is 2. The van der Waals surface area contributed by atoms with Crippen molar-refractivity contribution in [2.24, 2.45) is 0 Å². The number of methoxy groups -OCH3 is 2. The number of anilines is 2. The van der Waals surface area contributed by atoms with Crippen LogP contribution in [-0.2, 0) is 10.0 Å². The average molecular weight is 477 g/mol. The summed E-state index contributed by atoms with van der Waals surface area (Å²) in [5.74, 6) is 0.403. The summed E-state index contributed by atoms with van der Waals surface area (Å²) >= 11 is 0.787. The van der Waals surface area contributed by atoms with E-state index in [0.29, 0.717) is 22.7 Å². The summed E-state index contributed by atoms with van der Waals surface area (Å²) in [5, 5.41) is 10.3. The molecule has 0 aliphatic carbocycles. The predicted molar refractivity (Wildman–Crippen MR) is 124 cm³/mol. The van der Waals surface area contributed by atoms with Gasteiger partial charge in [0.25, 0.3) is 20.3 Å². The first-order valence-electron chi connectivity index (χ1n) is 9.67. The van der Waals surface area contributed by atoms with Crippen molar-refractivity contribution in [3.8, 4) is 11.5 Å². The predicted octanol–water partition coefficient (Wildman–Crippen LogP) is 3.64. The van der Waals surface area contributed by atoms with Gasteiger partial charge in [0.2, 0.25) is 5.13 Å². The van der Waals surface area contributed by atoms with Gasteiger partial charge in [-0.05, 0) is 62.2 Å². The number of aromatic nitrogens is 2. The Balaban J connectivity index is 1.84. The van der Waals surface area contributed by atoms with Gasteiger partial charge in [0.1, 0.15) is 0 Å². The lowest BCUT2D eigenvalue weighted by atomic mass is 10.1. The molecule has 11 heteroatoms. The first-order valence-corrected chi connectivity index (χ1v) is 11.9. The fourth-order valence-corrected chi connectivity index (χ4v) is 5.65. The van der Waals surface area contributed by atoms with Crippen molar-refractivity contribution in [2.45, 2.75) is 25.1 Å². The van der Waals surface area contributed by atoms with Gasteiger partial charge in [0.15, 0.2) is 11.5 Å². The third-order valence-electron chi connectivity index (χ3n) is 4.57. The Labute approximate surface area is 191 Å². The molecule has 170 valence electrons. The van der Waals surface area contributed by atoms with Gasteiger partial charge in [-0.25, -0.2) is 0 Å². The van der Waals surface area contributed by atoms with Crippen LogP contribution < -0.4 is 19.1 Å². The largest absolute Gasteiger partial charge is 0.493 e. The number of nitrogens with zero attached hydrogens (tertiary/aromatic N) is 3. The monoisotopic (exact) mass is 476 g/mol. The molecule has 1 aromatic heterocycles. The molecule has 0 aliphatic heterocycles.